The zero-order valence-corrected chi connectivity index (χ0v) is 18.9. The van der Waals surface area contributed by atoms with Crippen molar-refractivity contribution in [1.29, 1.82) is 0 Å². The molecule has 3 aromatic heterocycles. The highest BCUT2D eigenvalue weighted by atomic mass is 16.5. The van der Waals surface area contributed by atoms with Crippen LogP contribution < -0.4 is 10.1 Å². The van der Waals surface area contributed by atoms with Crippen LogP contribution in [0.5, 0.6) is 5.75 Å². The minimum absolute atomic E-state index is 0.0700. The lowest BCUT2D eigenvalue weighted by Crippen LogP contribution is -2.38. The number of hydrogen-bond acceptors (Lipinski definition) is 7. The second kappa shape index (κ2) is 9.52. The van der Waals surface area contributed by atoms with Gasteiger partial charge in [0, 0.05) is 31.2 Å². The van der Waals surface area contributed by atoms with Crippen molar-refractivity contribution in [3.8, 4) is 5.75 Å². The number of aryl methyl sites for hydroxylation is 1. The molecular formula is C26H27N5O2. The highest BCUT2D eigenvalue weighted by molar-refractivity contribution is 5.84. The Morgan fingerprint density at radius 2 is 2.03 bits per heavy atom. The highest BCUT2D eigenvalue weighted by Gasteiger charge is 2.23. The third-order valence-corrected chi connectivity index (χ3v) is 5.89. The van der Waals surface area contributed by atoms with Crippen molar-refractivity contribution in [3.63, 3.8) is 0 Å². The van der Waals surface area contributed by atoms with Gasteiger partial charge in [0.1, 0.15) is 23.2 Å². The molecule has 5 rings (SSSR count). The smallest absolute Gasteiger partial charge is 0.145 e. The number of para-hydroxylation sites is 1. The molecule has 0 bridgehead atoms. The van der Waals surface area contributed by atoms with Crippen molar-refractivity contribution >= 4 is 22.4 Å². The van der Waals surface area contributed by atoms with Crippen molar-refractivity contribution < 1.29 is 9.47 Å². The minimum Gasteiger partial charge on any atom is -0.494 e. The van der Waals surface area contributed by atoms with Crippen LogP contribution in [-0.2, 0) is 11.3 Å². The number of hydrogen-bond donors (Lipinski definition) is 1. The molecule has 4 heterocycles. The monoisotopic (exact) mass is 441 g/mol. The Kier molecular flexibility index (Phi) is 6.15. The van der Waals surface area contributed by atoms with Gasteiger partial charge in [0.15, 0.2) is 0 Å². The van der Waals surface area contributed by atoms with E-state index in [9.17, 15) is 0 Å². The van der Waals surface area contributed by atoms with Crippen molar-refractivity contribution in [1.82, 2.24) is 19.9 Å². The number of rotatable bonds is 6. The number of nitrogens with one attached hydrogen (secondary N) is 1. The van der Waals surface area contributed by atoms with Gasteiger partial charge >= 0.3 is 0 Å². The van der Waals surface area contributed by atoms with E-state index in [2.05, 4.69) is 38.4 Å². The zero-order chi connectivity index (χ0) is 22.6. The predicted octanol–water partition coefficient (Wildman–Crippen LogP) is 4.66. The molecule has 0 radical (unpaired) electrons. The van der Waals surface area contributed by atoms with Crippen LogP contribution in [0.2, 0.25) is 0 Å². The minimum atomic E-state index is -0.0700. The van der Waals surface area contributed by atoms with Crippen molar-refractivity contribution in [2.24, 2.45) is 0 Å². The first kappa shape index (κ1) is 21.3. The van der Waals surface area contributed by atoms with Crippen LogP contribution in [0.1, 0.15) is 23.1 Å². The number of aromatic nitrogens is 3. The SMILES string of the molecule is COc1cccc2ccc(CN3CCO[C@@H](c4ccc(Nc5ncccc5C)cn4)C3)nc12. The summed E-state index contributed by atoms with van der Waals surface area (Å²) in [6, 6.07) is 18.2. The van der Waals surface area contributed by atoms with Crippen LogP contribution >= 0.6 is 0 Å². The molecule has 33 heavy (non-hydrogen) atoms. The Balaban J connectivity index is 1.26. The van der Waals surface area contributed by atoms with Gasteiger partial charge in [-0.25, -0.2) is 9.97 Å². The number of pyridine rings is 3. The second-order valence-corrected chi connectivity index (χ2v) is 8.19. The molecule has 4 aromatic rings. The van der Waals surface area contributed by atoms with Crippen LogP contribution in [0.25, 0.3) is 10.9 Å². The van der Waals surface area contributed by atoms with Gasteiger partial charge in [-0.15, -0.1) is 0 Å². The summed E-state index contributed by atoms with van der Waals surface area (Å²) in [4.78, 5) is 16.3. The number of benzene rings is 1. The molecule has 1 saturated heterocycles. The summed E-state index contributed by atoms with van der Waals surface area (Å²) in [5, 5.41) is 4.40. The normalized spacial score (nSPS) is 16.6. The van der Waals surface area contributed by atoms with Crippen LogP contribution in [0, 0.1) is 6.92 Å². The third-order valence-electron chi connectivity index (χ3n) is 5.89. The van der Waals surface area contributed by atoms with Gasteiger partial charge in [-0.2, -0.15) is 0 Å². The van der Waals surface area contributed by atoms with Crippen LogP contribution in [0.4, 0.5) is 11.5 Å². The van der Waals surface area contributed by atoms with E-state index < -0.39 is 0 Å². The van der Waals surface area contributed by atoms with Gasteiger partial charge in [-0.3, -0.25) is 9.88 Å². The molecule has 0 saturated carbocycles. The highest BCUT2D eigenvalue weighted by Crippen LogP contribution is 2.26. The lowest BCUT2D eigenvalue weighted by molar-refractivity contribution is -0.0353. The molecule has 1 aliphatic rings. The van der Waals surface area contributed by atoms with E-state index in [0.717, 1.165) is 64.7 Å². The molecule has 7 heteroatoms. The van der Waals surface area contributed by atoms with Gasteiger partial charge in [0.05, 0.1) is 37.0 Å². The van der Waals surface area contributed by atoms with E-state index in [1.807, 2.05) is 49.5 Å². The molecule has 7 nitrogen and oxygen atoms in total. The Morgan fingerprint density at radius 3 is 2.85 bits per heavy atom. The van der Waals surface area contributed by atoms with Gasteiger partial charge in [0.2, 0.25) is 0 Å². The fourth-order valence-electron chi connectivity index (χ4n) is 4.09. The zero-order valence-electron chi connectivity index (χ0n) is 18.9. The summed E-state index contributed by atoms with van der Waals surface area (Å²) in [7, 11) is 1.68. The maximum atomic E-state index is 6.04. The van der Waals surface area contributed by atoms with Gasteiger partial charge in [0.25, 0.3) is 0 Å². The fourth-order valence-corrected chi connectivity index (χ4v) is 4.09. The molecule has 0 amide bonds. The Labute approximate surface area is 193 Å². The molecule has 1 N–H and O–H groups in total. The summed E-state index contributed by atoms with van der Waals surface area (Å²) in [5.74, 6) is 1.64. The van der Waals surface area contributed by atoms with Gasteiger partial charge in [-0.05, 0) is 42.8 Å². The quantitative estimate of drug-likeness (QED) is 0.467. The predicted molar refractivity (Wildman–Crippen MR) is 129 cm³/mol. The molecule has 1 fully saturated rings. The molecule has 1 aliphatic heterocycles. The van der Waals surface area contributed by atoms with Crippen LogP contribution in [0.3, 0.4) is 0 Å². The summed E-state index contributed by atoms with van der Waals surface area (Å²) in [5.41, 5.74) is 4.84. The first-order chi connectivity index (χ1) is 16.2. The summed E-state index contributed by atoms with van der Waals surface area (Å²) in [6.07, 6.45) is 3.55. The first-order valence-electron chi connectivity index (χ1n) is 11.1. The van der Waals surface area contributed by atoms with Crippen molar-refractivity contribution in [2.45, 2.75) is 19.6 Å². The number of nitrogens with zero attached hydrogens (tertiary/aromatic N) is 4. The Hall–Kier alpha value is -3.55. The van der Waals surface area contributed by atoms with E-state index in [-0.39, 0.29) is 6.10 Å². The molecule has 1 aromatic carbocycles. The van der Waals surface area contributed by atoms with Crippen molar-refractivity contribution in [3.05, 3.63) is 83.9 Å². The van der Waals surface area contributed by atoms with Crippen molar-refractivity contribution in [2.75, 3.05) is 32.1 Å². The van der Waals surface area contributed by atoms with E-state index in [0.29, 0.717) is 6.61 Å². The molecular weight excluding hydrogens is 414 g/mol. The van der Waals surface area contributed by atoms with Crippen LogP contribution in [-0.4, -0.2) is 46.7 Å². The topological polar surface area (TPSA) is 72.4 Å². The molecule has 168 valence electrons. The number of anilines is 2. The summed E-state index contributed by atoms with van der Waals surface area (Å²) >= 11 is 0. The first-order valence-corrected chi connectivity index (χ1v) is 11.1. The Morgan fingerprint density at radius 1 is 1.09 bits per heavy atom. The van der Waals surface area contributed by atoms with Crippen LogP contribution in [0.15, 0.2) is 67.0 Å². The maximum Gasteiger partial charge on any atom is 0.145 e. The van der Waals surface area contributed by atoms with E-state index >= 15 is 0 Å². The van der Waals surface area contributed by atoms with E-state index in [4.69, 9.17) is 14.5 Å². The number of ether oxygens (including phenoxy) is 2. The fraction of sp³-hybridized carbons (Fsp3) is 0.269. The lowest BCUT2D eigenvalue weighted by atomic mass is 10.1. The van der Waals surface area contributed by atoms with E-state index in [1.165, 1.54) is 0 Å². The molecule has 0 aliphatic carbocycles. The average Bonchev–Trinajstić information content (AvgIpc) is 2.86. The number of morpholine rings is 1. The summed E-state index contributed by atoms with van der Waals surface area (Å²) < 4.78 is 11.5. The van der Waals surface area contributed by atoms with Gasteiger partial charge < -0.3 is 14.8 Å². The standard InChI is InChI=1S/C26H27N5O2/c1-18-5-4-12-27-26(18)30-20-10-11-22(28-15-20)24-17-31(13-14-33-24)16-21-9-8-19-6-3-7-23(32-2)25(19)29-21/h3-12,15,24H,13-14,16-17H2,1-2H3,(H,27,30)/t24-/m1/s1. The lowest BCUT2D eigenvalue weighted by Gasteiger charge is -2.32. The molecule has 1 atom stereocenters. The van der Waals surface area contributed by atoms with Gasteiger partial charge in [-0.1, -0.05) is 24.3 Å². The second-order valence-electron chi connectivity index (χ2n) is 8.19. The Bertz CT molecular complexity index is 1250. The number of fused-ring (bicyclic) bond motifs is 1. The summed E-state index contributed by atoms with van der Waals surface area (Å²) in [6.45, 7) is 5.08. The third kappa shape index (κ3) is 4.79. The molecule has 0 unspecified atom stereocenters. The number of methoxy groups -OCH3 is 1. The van der Waals surface area contributed by atoms with E-state index in [1.54, 1.807) is 13.3 Å². The average molecular weight is 442 g/mol. The largest absolute Gasteiger partial charge is 0.494 e. The molecule has 0 spiro atoms. The maximum absolute atomic E-state index is 6.04.